The first-order chi connectivity index (χ1) is 8.11. The highest BCUT2D eigenvalue weighted by atomic mass is 35.5. The first kappa shape index (κ1) is 13.6. The van der Waals surface area contributed by atoms with E-state index >= 15 is 0 Å². The van der Waals surface area contributed by atoms with Crippen LogP contribution in [0.15, 0.2) is 0 Å². The van der Waals surface area contributed by atoms with Gasteiger partial charge in [0.1, 0.15) is 0 Å². The van der Waals surface area contributed by atoms with E-state index in [0.29, 0.717) is 29.4 Å². The van der Waals surface area contributed by atoms with Crippen molar-refractivity contribution >= 4 is 21.4 Å². The van der Waals surface area contributed by atoms with Gasteiger partial charge in [-0.15, -0.1) is 11.6 Å². The molecule has 0 aromatic carbocycles. The summed E-state index contributed by atoms with van der Waals surface area (Å²) >= 11 is 5.99. The predicted octanol–water partition coefficient (Wildman–Crippen LogP) is 2.24. The second-order valence-electron chi connectivity index (χ2n) is 5.29. The molecule has 100 valence electrons. The van der Waals surface area contributed by atoms with Gasteiger partial charge in [-0.25, -0.2) is 8.42 Å². The molecule has 2 heterocycles. The number of ether oxygens (including phenoxy) is 1. The third-order valence-electron chi connectivity index (χ3n) is 4.02. The molecule has 0 spiro atoms. The molecule has 3 atom stereocenters. The first-order valence-corrected chi connectivity index (χ1v) is 8.84. The summed E-state index contributed by atoms with van der Waals surface area (Å²) in [7, 11) is -2.78. The Morgan fingerprint density at radius 3 is 2.71 bits per heavy atom. The topological polar surface area (TPSA) is 43.4 Å². The van der Waals surface area contributed by atoms with Gasteiger partial charge in [0.25, 0.3) is 0 Å². The lowest BCUT2D eigenvalue weighted by molar-refractivity contribution is 0.0965. The second kappa shape index (κ2) is 5.89. The summed E-state index contributed by atoms with van der Waals surface area (Å²) in [5, 5.41) is 0. The van der Waals surface area contributed by atoms with Gasteiger partial charge in [0.15, 0.2) is 9.84 Å². The van der Waals surface area contributed by atoms with Crippen LogP contribution in [0.5, 0.6) is 0 Å². The molecule has 3 unspecified atom stereocenters. The maximum atomic E-state index is 11.5. The Morgan fingerprint density at radius 2 is 2.18 bits per heavy atom. The number of hydrogen-bond acceptors (Lipinski definition) is 3. The van der Waals surface area contributed by atoms with E-state index in [1.807, 2.05) is 0 Å². The van der Waals surface area contributed by atoms with E-state index in [-0.39, 0.29) is 5.92 Å². The Bertz CT molecular complexity index is 336. The van der Waals surface area contributed by atoms with Gasteiger partial charge in [-0.05, 0) is 43.9 Å². The van der Waals surface area contributed by atoms with Crippen LogP contribution in [0.25, 0.3) is 0 Å². The van der Waals surface area contributed by atoms with E-state index in [1.54, 1.807) is 0 Å². The molecule has 2 aliphatic rings. The predicted molar refractivity (Wildman–Crippen MR) is 69.2 cm³/mol. The van der Waals surface area contributed by atoms with Crippen LogP contribution >= 0.6 is 11.6 Å². The molecule has 0 amide bonds. The number of sulfone groups is 1. The van der Waals surface area contributed by atoms with Crippen molar-refractivity contribution in [1.29, 1.82) is 0 Å². The summed E-state index contributed by atoms with van der Waals surface area (Å²) in [6.45, 7) is 0.883. The van der Waals surface area contributed by atoms with Crippen LogP contribution in [0.1, 0.15) is 32.1 Å². The molecule has 0 aliphatic carbocycles. The summed E-state index contributed by atoms with van der Waals surface area (Å²) in [4.78, 5) is 0. The van der Waals surface area contributed by atoms with Crippen LogP contribution in [0.2, 0.25) is 0 Å². The highest BCUT2D eigenvalue weighted by Gasteiger charge is 2.33. The third kappa shape index (κ3) is 3.83. The lowest BCUT2D eigenvalue weighted by Crippen LogP contribution is -2.20. The molecule has 0 aromatic rings. The molecule has 2 aliphatic heterocycles. The molecule has 5 heteroatoms. The molecule has 0 bridgehead atoms. The molecule has 0 saturated carbocycles. The Kier molecular flexibility index (Phi) is 4.72. The molecular weight excluding hydrogens is 260 g/mol. The van der Waals surface area contributed by atoms with Crippen molar-refractivity contribution in [2.45, 2.75) is 38.2 Å². The number of alkyl halides is 1. The molecule has 0 aromatic heterocycles. The first-order valence-electron chi connectivity index (χ1n) is 6.49. The van der Waals surface area contributed by atoms with Gasteiger partial charge < -0.3 is 4.74 Å². The van der Waals surface area contributed by atoms with Gasteiger partial charge in [-0.1, -0.05) is 0 Å². The highest BCUT2D eigenvalue weighted by Crippen LogP contribution is 2.31. The average Bonchev–Trinajstić information content (AvgIpc) is 2.89. The number of halogens is 1. The van der Waals surface area contributed by atoms with Crippen LogP contribution in [0.3, 0.4) is 0 Å². The molecule has 2 saturated heterocycles. The summed E-state index contributed by atoms with van der Waals surface area (Å²) in [6.07, 6.45) is 5.54. The van der Waals surface area contributed by atoms with Crippen LogP contribution in [0, 0.1) is 11.8 Å². The monoisotopic (exact) mass is 280 g/mol. The van der Waals surface area contributed by atoms with Crippen molar-refractivity contribution in [1.82, 2.24) is 0 Å². The standard InChI is InChI=1S/C12H21ClO3S/c13-8-10(3-4-12-2-1-6-16-12)11-5-7-17(14,15)9-11/h10-12H,1-9H2. The van der Waals surface area contributed by atoms with Crippen molar-refractivity contribution in [2.75, 3.05) is 24.0 Å². The third-order valence-corrected chi connectivity index (χ3v) is 6.21. The minimum absolute atomic E-state index is 0.277. The van der Waals surface area contributed by atoms with Gasteiger partial charge in [-0.3, -0.25) is 0 Å². The molecule has 2 fully saturated rings. The Hall–Kier alpha value is 0.200. The van der Waals surface area contributed by atoms with Crippen LogP contribution < -0.4 is 0 Å². The molecule has 2 rings (SSSR count). The van der Waals surface area contributed by atoms with E-state index in [9.17, 15) is 8.42 Å². The fraction of sp³-hybridized carbons (Fsp3) is 1.00. The van der Waals surface area contributed by atoms with Crippen LogP contribution in [-0.2, 0) is 14.6 Å². The summed E-state index contributed by atoms with van der Waals surface area (Å²) in [6, 6.07) is 0. The lowest BCUT2D eigenvalue weighted by Gasteiger charge is -2.21. The zero-order chi connectivity index (χ0) is 12.3. The Labute approximate surface area is 109 Å². The van der Waals surface area contributed by atoms with Gasteiger partial charge in [0, 0.05) is 12.5 Å². The van der Waals surface area contributed by atoms with Crippen molar-refractivity contribution in [3.63, 3.8) is 0 Å². The number of hydrogen-bond donors (Lipinski definition) is 0. The Morgan fingerprint density at radius 1 is 1.35 bits per heavy atom. The van der Waals surface area contributed by atoms with Crippen molar-refractivity contribution < 1.29 is 13.2 Å². The maximum Gasteiger partial charge on any atom is 0.150 e. The zero-order valence-electron chi connectivity index (χ0n) is 10.1. The fourth-order valence-corrected chi connectivity index (χ4v) is 5.23. The highest BCUT2D eigenvalue weighted by molar-refractivity contribution is 7.91. The van der Waals surface area contributed by atoms with Gasteiger partial charge >= 0.3 is 0 Å². The van der Waals surface area contributed by atoms with E-state index in [2.05, 4.69) is 0 Å². The SMILES string of the molecule is O=S1(=O)CCC(C(CCl)CCC2CCCO2)C1. The van der Waals surface area contributed by atoms with Crippen molar-refractivity contribution in [2.24, 2.45) is 11.8 Å². The van der Waals surface area contributed by atoms with E-state index in [1.165, 1.54) is 0 Å². The largest absolute Gasteiger partial charge is 0.378 e. The number of rotatable bonds is 5. The normalized spacial score (nSPS) is 33.9. The fourth-order valence-electron chi connectivity index (χ4n) is 2.91. The molecule has 0 radical (unpaired) electrons. The van der Waals surface area contributed by atoms with Gasteiger partial charge in [0.2, 0.25) is 0 Å². The maximum absolute atomic E-state index is 11.5. The van der Waals surface area contributed by atoms with Crippen molar-refractivity contribution in [3.05, 3.63) is 0 Å². The smallest absolute Gasteiger partial charge is 0.150 e. The Balaban J connectivity index is 1.80. The minimum atomic E-state index is -2.78. The minimum Gasteiger partial charge on any atom is -0.378 e. The van der Waals surface area contributed by atoms with Gasteiger partial charge in [0.05, 0.1) is 17.6 Å². The lowest BCUT2D eigenvalue weighted by atomic mass is 9.88. The molecular formula is C12H21ClO3S. The molecule has 0 N–H and O–H groups in total. The summed E-state index contributed by atoms with van der Waals surface area (Å²) in [5.74, 6) is 1.89. The molecule has 17 heavy (non-hydrogen) atoms. The zero-order valence-corrected chi connectivity index (χ0v) is 11.7. The van der Waals surface area contributed by atoms with Gasteiger partial charge in [-0.2, -0.15) is 0 Å². The average molecular weight is 281 g/mol. The van der Waals surface area contributed by atoms with E-state index in [0.717, 1.165) is 38.7 Å². The van der Waals surface area contributed by atoms with E-state index in [4.69, 9.17) is 16.3 Å². The van der Waals surface area contributed by atoms with Crippen LogP contribution in [-0.4, -0.2) is 38.5 Å². The quantitative estimate of drug-likeness (QED) is 0.726. The van der Waals surface area contributed by atoms with Crippen LogP contribution in [0.4, 0.5) is 0 Å². The van der Waals surface area contributed by atoms with E-state index < -0.39 is 9.84 Å². The molecule has 3 nitrogen and oxygen atoms in total. The van der Waals surface area contributed by atoms with Crippen molar-refractivity contribution in [3.8, 4) is 0 Å². The summed E-state index contributed by atoms with van der Waals surface area (Å²) < 4.78 is 28.5. The summed E-state index contributed by atoms with van der Waals surface area (Å²) in [5.41, 5.74) is 0. The second-order valence-corrected chi connectivity index (χ2v) is 7.83.